The number of hydrogen-bond acceptors (Lipinski definition) is 2. The number of halogens is 3. The molecule has 1 saturated heterocycles. The Balaban J connectivity index is 0.00000256. The Morgan fingerprint density at radius 3 is 1.70 bits per heavy atom. The van der Waals surface area contributed by atoms with Crippen LogP contribution in [0.2, 0.25) is 0 Å². The molecule has 0 atom stereocenters. The minimum Gasteiger partial charge on any atom is -0.340 e. The summed E-state index contributed by atoms with van der Waals surface area (Å²) < 4.78 is 26.9. The predicted molar refractivity (Wildman–Crippen MR) is 117 cm³/mol. The van der Waals surface area contributed by atoms with Crippen LogP contribution in [0.4, 0.5) is 8.78 Å². The van der Waals surface area contributed by atoms with Crippen LogP contribution in [-0.4, -0.2) is 41.9 Å². The Morgan fingerprint density at radius 1 is 0.767 bits per heavy atom. The van der Waals surface area contributed by atoms with Crippen molar-refractivity contribution in [3.63, 3.8) is 0 Å². The van der Waals surface area contributed by atoms with Gasteiger partial charge < -0.3 is 4.90 Å². The second-order valence-electron chi connectivity index (χ2n) is 8.20. The van der Waals surface area contributed by atoms with Crippen LogP contribution in [0.1, 0.15) is 49.3 Å². The molecule has 6 heteroatoms. The van der Waals surface area contributed by atoms with E-state index in [-0.39, 0.29) is 36.0 Å². The van der Waals surface area contributed by atoms with Gasteiger partial charge in [0.15, 0.2) is 0 Å². The van der Waals surface area contributed by atoms with Gasteiger partial charge in [-0.3, -0.25) is 9.69 Å². The molecule has 0 unspecified atom stereocenters. The summed E-state index contributed by atoms with van der Waals surface area (Å²) in [5.41, 5.74) is 1.95. The average Bonchev–Trinajstić information content (AvgIpc) is 2.77. The number of benzene rings is 2. The van der Waals surface area contributed by atoms with Gasteiger partial charge in [-0.2, -0.15) is 0 Å². The largest absolute Gasteiger partial charge is 0.340 e. The molecule has 30 heavy (non-hydrogen) atoms. The highest BCUT2D eigenvalue weighted by Crippen LogP contribution is 2.31. The molecule has 1 amide bonds. The van der Waals surface area contributed by atoms with Gasteiger partial charge in [0.25, 0.3) is 0 Å². The highest BCUT2D eigenvalue weighted by molar-refractivity contribution is 5.85. The number of hydrogen-bond donors (Lipinski definition) is 0. The molecule has 2 aromatic carbocycles. The third-order valence-corrected chi connectivity index (χ3v) is 6.32. The summed E-state index contributed by atoms with van der Waals surface area (Å²) in [6, 6.07) is 13.0. The third-order valence-electron chi connectivity index (χ3n) is 6.32. The van der Waals surface area contributed by atoms with Gasteiger partial charge >= 0.3 is 0 Å². The molecular formula is C24H29ClF2N2O. The average molecular weight is 435 g/mol. The van der Waals surface area contributed by atoms with E-state index in [0.717, 1.165) is 49.9 Å². The fourth-order valence-corrected chi connectivity index (χ4v) is 4.71. The summed E-state index contributed by atoms with van der Waals surface area (Å²) >= 11 is 0. The van der Waals surface area contributed by atoms with Crippen molar-refractivity contribution in [1.82, 2.24) is 9.80 Å². The van der Waals surface area contributed by atoms with Gasteiger partial charge in [0, 0.05) is 32.1 Å². The van der Waals surface area contributed by atoms with Gasteiger partial charge in [-0.05, 0) is 48.2 Å². The lowest BCUT2D eigenvalue weighted by molar-refractivity contribution is -0.138. The molecular weight excluding hydrogens is 406 g/mol. The second-order valence-corrected chi connectivity index (χ2v) is 8.20. The summed E-state index contributed by atoms with van der Waals surface area (Å²) in [4.78, 5) is 17.2. The lowest BCUT2D eigenvalue weighted by atomic mass is 9.88. The predicted octanol–water partition coefficient (Wildman–Crippen LogP) is 5.20. The van der Waals surface area contributed by atoms with Crippen LogP contribution < -0.4 is 0 Å². The maximum atomic E-state index is 13.5. The molecule has 162 valence electrons. The van der Waals surface area contributed by atoms with Crippen molar-refractivity contribution in [3.05, 3.63) is 71.3 Å². The second kappa shape index (κ2) is 10.4. The molecule has 0 bridgehead atoms. The first kappa shape index (κ1) is 22.7. The Hall–Kier alpha value is -1.98. The molecule has 1 aliphatic carbocycles. The number of piperazine rings is 1. The summed E-state index contributed by atoms with van der Waals surface area (Å²) in [7, 11) is 0. The van der Waals surface area contributed by atoms with Crippen LogP contribution in [0.5, 0.6) is 0 Å². The van der Waals surface area contributed by atoms with Crippen LogP contribution in [0, 0.1) is 17.6 Å². The molecule has 3 nitrogen and oxygen atoms in total. The van der Waals surface area contributed by atoms with Crippen molar-refractivity contribution >= 4 is 18.3 Å². The van der Waals surface area contributed by atoms with E-state index in [9.17, 15) is 13.6 Å². The zero-order chi connectivity index (χ0) is 20.2. The van der Waals surface area contributed by atoms with E-state index in [0.29, 0.717) is 19.0 Å². The topological polar surface area (TPSA) is 23.6 Å². The highest BCUT2D eigenvalue weighted by Gasteiger charge is 2.31. The number of carbonyl (C=O) groups is 1. The monoisotopic (exact) mass is 434 g/mol. The molecule has 0 spiro atoms. The molecule has 2 fully saturated rings. The minimum atomic E-state index is -0.269. The molecule has 2 aliphatic rings. The zero-order valence-corrected chi connectivity index (χ0v) is 17.9. The molecule has 4 rings (SSSR count). The number of nitrogens with zero attached hydrogens (tertiary/aromatic N) is 2. The Morgan fingerprint density at radius 2 is 1.23 bits per heavy atom. The van der Waals surface area contributed by atoms with E-state index in [1.807, 2.05) is 4.90 Å². The minimum absolute atomic E-state index is 0. The van der Waals surface area contributed by atoms with Gasteiger partial charge in [-0.1, -0.05) is 43.5 Å². The van der Waals surface area contributed by atoms with E-state index in [1.165, 1.54) is 30.7 Å². The van der Waals surface area contributed by atoms with Crippen LogP contribution in [0.15, 0.2) is 48.5 Å². The molecule has 0 radical (unpaired) electrons. The van der Waals surface area contributed by atoms with Crippen LogP contribution >= 0.6 is 12.4 Å². The van der Waals surface area contributed by atoms with Crippen molar-refractivity contribution in [1.29, 1.82) is 0 Å². The fourth-order valence-electron chi connectivity index (χ4n) is 4.71. The maximum Gasteiger partial charge on any atom is 0.225 e. The van der Waals surface area contributed by atoms with E-state index < -0.39 is 0 Å². The fraction of sp³-hybridized carbons (Fsp3) is 0.458. The van der Waals surface area contributed by atoms with Gasteiger partial charge in [-0.25, -0.2) is 8.78 Å². The summed E-state index contributed by atoms with van der Waals surface area (Å²) in [5.74, 6) is -0.0335. The number of carbonyl (C=O) groups excluding carboxylic acids is 1. The lowest BCUT2D eigenvalue weighted by Gasteiger charge is -2.41. The highest BCUT2D eigenvalue weighted by atomic mass is 35.5. The quantitative estimate of drug-likeness (QED) is 0.660. The first-order valence-electron chi connectivity index (χ1n) is 10.7. The molecule has 1 saturated carbocycles. The first-order chi connectivity index (χ1) is 14.1. The number of rotatable bonds is 4. The molecule has 2 aromatic rings. The van der Waals surface area contributed by atoms with E-state index >= 15 is 0 Å². The standard InChI is InChI=1S/C24H28F2N2O.ClH/c25-21-10-6-18(7-11-21)23(19-8-12-22(26)13-9-19)27-14-16-28(17-15-27)24(29)20-4-2-1-3-5-20;/h6-13,20,23H,1-5,14-17H2;1H. The summed E-state index contributed by atoms with van der Waals surface area (Å²) in [6.45, 7) is 2.90. The third kappa shape index (κ3) is 5.19. The van der Waals surface area contributed by atoms with Crippen molar-refractivity contribution in [2.24, 2.45) is 5.92 Å². The summed E-state index contributed by atoms with van der Waals surface area (Å²) in [5, 5.41) is 0. The van der Waals surface area contributed by atoms with Crippen LogP contribution in [0.3, 0.4) is 0 Å². The maximum absolute atomic E-state index is 13.5. The van der Waals surface area contributed by atoms with E-state index in [4.69, 9.17) is 0 Å². The van der Waals surface area contributed by atoms with Crippen LogP contribution in [-0.2, 0) is 4.79 Å². The zero-order valence-electron chi connectivity index (χ0n) is 17.1. The van der Waals surface area contributed by atoms with Crippen molar-refractivity contribution < 1.29 is 13.6 Å². The van der Waals surface area contributed by atoms with Gasteiger partial charge in [0.1, 0.15) is 11.6 Å². The molecule has 0 aromatic heterocycles. The first-order valence-corrected chi connectivity index (χ1v) is 10.7. The summed E-state index contributed by atoms with van der Waals surface area (Å²) in [6.07, 6.45) is 5.61. The van der Waals surface area contributed by atoms with Gasteiger partial charge in [0.2, 0.25) is 5.91 Å². The van der Waals surface area contributed by atoms with E-state index in [1.54, 1.807) is 24.3 Å². The van der Waals surface area contributed by atoms with Gasteiger partial charge in [0.05, 0.1) is 6.04 Å². The lowest BCUT2D eigenvalue weighted by Crippen LogP contribution is -2.51. The van der Waals surface area contributed by atoms with Crippen LogP contribution in [0.25, 0.3) is 0 Å². The van der Waals surface area contributed by atoms with Gasteiger partial charge in [-0.15, -0.1) is 12.4 Å². The van der Waals surface area contributed by atoms with E-state index in [2.05, 4.69) is 4.90 Å². The SMILES string of the molecule is Cl.O=C(C1CCCCC1)N1CCN(C(c2ccc(F)cc2)c2ccc(F)cc2)CC1. The Bertz CT molecular complexity index is 769. The Labute approximate surface area is 183 Å². The number of amides is 1. The van der Waals surface area contributed by atoms with Crippen molar-refractivity contribution in [2.45, 2.75) is 38.1 Å². The van der Waals surface area contributed by atoms with Crippen molar-refractivity contribution in [3.8, 4) is 0 Å². The Kier molecular flexibility index (Phi) is 7.84. The molecule has 1 aliphatic heterocycles. The molecule has 0 N–H and O–H groups in total. The molecule has 1 heterocycles. The van der Waals surface area contributed by atoms with Crippen molar-refractivity contribution in [2.75, 3.05) is 26.2 Å². The smallest absolute Gasteiger partial charge is 0.225 e. The normalized spacial score (nSPS) is 18.3.